The SMILES string of the molecule is Cc1ccnc(-c2ccccc2-c2cccc3c2-c2ccccc2C32c3ccccc3-c3c(-c4nc(C)cc(-c5ccc(-c6cccc7ccccc67)cc5)n4)cccc32)c1. The first-order chi connectivity index (χ1) is 30.1. The normalized spacial score (nSPS) is 14.5. The zero-order valence-electron chi connectivity index (χ0n) is 33.9. The molecule has 3 heteroatoms. The predicted molar refractivity (Wildman–Crippen MR) is 250 cm³/mol. The van der Waals surface area contributed by atoms with Crippen molar-refractivity contribution >= 4 is 10.8 Å². The molecule has 1 spiro atoms. The van der Waals surface area contributed by atoms with Crippen LogP contribution in [0.25, 0.3) is 89.2 Å². The number of fused-ring (bicyclic) bond motifs is 11. The summed E-state index contributed by atoms with van der Waals surface area (Å²) in [6, 6.07) is 70.6. The van der Waals surface area contributed by atoms with Crippen molar-refractivity contribution in [2.45, 2.75) is 19.3 Å². The maximum atomic E-state index is 5.36. The van der Waals surface area contributed by atoms with Gasteiger partial charge in [0.05, 0.1) is 16.8 Å². The second kappa shape index (κ2) is 13.7. The van der Waals surface area contributed by atoms with Crippen LogP contribution >= 0.6 is 0 Å². The lowest BCUT2D eigenvalue weighted by Gasteiger charge is -2.30. The molecular formula is C58H39N3. The van der Waals surface area contributed by atoms with Crippen LogP contribution in [-0.2, 0) is 5.41 Å². The molecule has 0 radical (unpaired) electrons. The maximum absolute atomic E-state index is 5.36. The maximum Gasteiger partial charge on any atom is 0.160 e. The topological polar surface area (TPSA) is 38.7 Å². The molecule has 2 aromatic heterocycles. The highest BCUT2D eigenvalue weighted by atomic mass is 14.9. The van der Waals surface area contributed by atoms with E-state index in [2.05, 4.69) is 208 Å². The lowest BCUT2D eigenvalue weighted by Crippen LogP contribution is -2.25. The van der Waals surface area contributed by atoms with E-state index < -0.39 is 5.41 Å². The van der Waals surface area contributed by atoms with Gasteiger partial charge in [-0.2, -0.15) is 0 Å². The summed E-state index contributed by atoms with van der Waals surface area (Å²) in [4.78, 5) is 15.4. The Hall–Kier alpha value is -7.75. The van der Waals surface area contributed by atoms with E-state index in [0.29, 0.717) is 0 Å². The number of hydrogen-bond donors (Lipinski definition) is 0. The number of nitrogens with zero attached hydrogens (tertiary/aromatic N) is 3. The van der Waals surface area contributed by atoms with Gasteiger partial charge in [-0.25, -0.2) is 9.97 Å². The van der Waals surface area contributed by atoms with Gasteiger partial charge in [0.1, 0.15) is 0 Å². The van der Waals surface area contributed by atoms with Gasteiger partial charge in [-0.1, -0.05) is 176 Å². The monoisotopic (exact) mass is 777 g/mol. The van der Waals surface area contributed by atoms with Crippen molar-refractivity contribution in [3.05, 3.63) is 234 Å². The summed E-state index contributed by atoms with van der Waals surface area (Å²) < 4.78 is 0. The summed E-state index contributed by atoms with van der Waals surface area (Å²) in [6.07, 6.45) is 1.91. The number of aromatic nitrogens is 3. The van der Waals surface area contributed by atoms with Crippen molar-refractivity contribution in [3.63, 3.8) is 0 Å². The molecule has 0 saturated carbocycles. The Morgan fingerprint density at radius 2 is 0.918 bits per heavy atom. The van der Waals surface area contributed by atoms with Crippen LogP contribution in [0.1, 0.15) is 33.5 Å². The lowest BCUT2D eigenvalue weighted by atomic mass is 9.70. The Balaban J connectivity index is 1.04. The van der Waals surface area contributed by atoms with Gasteiger partial charge in [0.15, 0.2) is 5.82 Å². The second-order valence-corrected chi connectivity index (χ2v) is 16.4. The molecule has 12 rings (SSSR count). The van der Waals surface area contributed by atoms with Crippen LogP contribution in [0.2, 0.25) is 0 Å². The third-order valence-electron chi connectivity index (χ3n) is 12.9. The largest absolute Gasteiger partial charge is 0.256 e. The van der Waals surface area contributed by atoms with Crippen molar-refractivity contribution in [3.8, 4) is 78.4 Å². The second-order valence-electron chi connectivity index (χ2n) is 16.4. The first-order valence-corrected chi connectivity index (χ1v) is 21.0. The van der Waals surface area contributed by atoms with E-state index in [4.69, 9.17) is 15.0 Å². The molecule has 3 nitrogen and oxygen atoms in total. The summed E-state index contributed by atoms with van der Waals surface area (Å²) in [6.45, 7) is 4.21. The van der Waals surface area contributed by atoms with Gasteiger partial charge in [0.2, 0.25) is 0 Å². The van der Waals surface area contributed by atoms with Crippen LogP contribution in [-0.4, -0.2) is 15.0 Å². The van der Waals surface area contributed by atoms with Gasteiger partial charge in [-0.3, -0.25) is 4.98 Å². The molecule has 0 aliphatic heterocycles. The molecule has 286 valence electrons. The molecule has 1 atom stereocenters. The van der Waals surface area contributed by atoms with E-state index in [1.807, 2.05) is 6.20 Å². The smallest absolute Gasteiger partial charge is 0.160 e. The first kappa shape index (κ1) is 35.2. The highest BCUT2D eigenvalue weighted by Gasteiger charge is 2.52. The molecule has 0 fully saturated rings. The highest BCUT2D eigenvalue weighted by molar-refractivity contribution is 6.04. The van der Waals surface area contributed by atoms with Crippen LogP contribution < -0.4 is 0 Å². The van der Waals surface area contributed by atoms with Crippen LogP contribution in [0.3, 0.4) is 0 Å². The Kier molecular flexibility index (Phi) is 7.88. The van der Waals surface area contributed by atoms with Gasteiger partial charge in [0.25, 0.3) is 0 Å². The number of benzene rings is 8. The number of aryl methyl sites for hydroxylation is 2. The quantitative estimate of drug-likeness (QED) is 0.175. The molecule has 1 unspecified atom stereocenters. The molecule has 2 aliphatic rings. The highest BCUT2D eigenvalue weighted by Crippen LogP contribution is 2.65. The van der Waals surface area contributed by atoms with Crippen molar-refractivity contribution < 1.29 is 0 Å². The number of pyridine rings is 1. The molecule has 10 aromatic rings. The average molecular weight is 778 g/mol. The Morgan fingerprint density at radius 3 is 1.66 bits per heavy atom. The lowest BCUT2D eigenvalue weighted by molar-refractivity contribution is 0.794. The fourth-order valence-corrected chi connectivity index (χ4v) is 10.4. The van der Waals surface area contributed by atoms with Gasteiger partial charge in [-0.05, 0) is 115 Å². The Bertz CT molecular complexity index is 3390. The minimum atomic E-state index is -0.537. The van der Waals surface area contributed by atoms with Crippen molar-refractivity contribution in [2.24, 2.45) is 0 Å². The summed E-state index contributed by atoms with van der Waals surface area (Å²) >= 11 is 0. The van der Waals surface area contributed by atoms with E-state index >= 15 is 0 Å². The van der Waals surface area contributed by atoms with Gasteiger partial charge >= 0.3 is 0 Å². The van der Waals surface area contributed by atoms with E-state index in [1.54, 1.807) is 0 Å². The molecule has 0 amide bonds. The molecular weight excluding hydrogens is 739 g/mol. The van der Waals surface area contributed by atoms with E-state index in [0.717, 1.165) is 39.6 Å². The summed E-state index contributed by atoms with van der Waals surface area (Å²) in [7, 11) is 0. The van der Waals surface area contributed by atoms with Crippen molar-refractivity contribution in [1.82, 2.24) is 15.0 Å². The number of hydrogen-bond acceptors (Lipinski definition) is 3. The Labute approximate surface area is 355 Å². The zero-order chi connectivity index (χ0) is 40.7. The van der Waals surface area contributed by atoms with Crippen LogP contribution in [0.5, 0.6) is 0 Å². The Morgan fingerprint density at radius 1 is 0.377 bits per heavy atom. The summed E-state index contributed by atoms with van der Waals surface area (Å²) in [5.74, 6) is 0.733. The molecule has 8 aromatic carbocycles. The molecule has 61 heavy (non-hydrogen) atoms. The standard InChI is InChI=1S/C58H39N3/c1-36-32-33-59-54(34-36)44-18-6-5-17-43(44)45-22-12-26-51-55(45)46-19-7-9-24-49(46)58(51)50-25-10-8-20-47(50)56-48(23-13-27-52(56)58)57-60-37(2)35-53(61-57)40-30-28-39(29-31-40)42-21-11-15-38-14-3-4-16-41(38)42/h3-35H,1-2H3. The average Bonchev–Trinajstić information content (AvgIpc) is 3.79. The van der Waals surface area contributed by atoms with Crippen molar-refractivity contribution in [2.75, 3.05) is 0 Å². The van der Waals surface area contributed by atoms with Gasteiger partial charge in [-0.15, -0.1) is 0 Å². The molecule has 2 heterocycles. The molecule has 0 bridgehead atoms. The third kappa shape index (κ3) is 5.27. The summed E-state index contributed by atoms with van der Waals surface area (Å²) in [5, 5.41) is 2.49. The van der Waals surface area contributed by atoms with Gasteiger partial charge in [0, 0.05) is 28.6 Å². The first-order valence-electron chi connectivity index (χ1n) is 21.0. The van der Waals surface area contributed by atoms with Gasteiger partial charge < -0.3 is 0 Å². The molecule has 0 N–H and O–H groups in total. The van der Waals surface area contributed by atoms with Crippen LogP contribution in [0.15, 0.2) is 200 Å². The minimum absolute atomic E-state index is 0.537. The van der Waals surface area contributed by atoms with E-state index in [1.165, 1.54) is 83.1 Å². The zero-order valence-corrected chi connectivity index (χ0v) is 33.9. The fraction of sp³-hybridized carbons (Fsp3) is 0.0517. The third-order valence-corrected chi connectivity index (χ3v) is 12.9. The minimum Gasteiger partial charge on any atom is -0.256 e. The summed E-state index contributed by atoms with van der Waals surface area (Å²) in [5.41, 5.74) is 21.6. The van der Waals surface area contributed by atoms with Crippen molar-refractivity contribution in [1.29, 1.82) is 0 Å². The number of rotatable bonds is 5. The van der Waals surface area contributed by atoms with E-state index in [-0.39, 0.29) is 0 Å². The molecule has 0 saturated heterocycles. The molecule has 2 aliphatic carbocycles. The predicted octanol–water partition coefficient (Wildman–Crippen LogP) is 14.3. The van der Waals surface area contributed by atoms with Crippen LogP contribution in [0.4, 0.5) is 0 Å². The van der Waals surface area contributed by atoms with E-state index in [9.17, 15) is 0 Å². The fourth-order valence-electron chi connectivity index (χ4n) is 10.4. The van der Waals surface area contributed by atoms with Crippen LogP contribution in [0, 0.1) is 13.8 Å².